The highest BCUT2D eigenvalue weighted by atomic mass is 32.2. The summed E-state index contributed by atoms with van der Waals surface area (Å²) in [4.78, 5) is 6.50. The smallest absolute Gasteiger partial charge is 0.248 e. The molecule has 4 rings (SSSR count). The molecule has 3 aromatic rings. The van der Waals surface area contributed by atoms with Gasteiger partial charge < -0.3 is 15.1 Å². The monoisotopic (exact) mass is 544 g/mol. The Labute approximate surface area is 224 Å². The van der Waals surface area contributed by atoms with Gasteiger partial charge in [-0.15, -0.1) is 10.2 Å². The van der Waals surface area contributed by atoms with Crippen molar-refractivity contribution in [2.75, 3.05) is 36.0 Å². The Bertz CT molecular complexity index is 1330. The van der Waals surface area contributed by atoms with Crippen LogP contribution in [0.15, 0.2) is 46.9 Å². The van der Waals surface area contributed by atoms with Crippen molar-refractivity contribution < 1.29 is 17.2 Å². The summed E-state index contributed by atoms with van der Waals surface area (Å²) in [5.41, 5.74) is 7.92. The summed E-state index contributed by atoms with van der Waals surface area (Å²) in [5, 5.41) is 7.85. The zero-order valence-electron chi connectivity index (χ0n) is 22.6. The molecule has 1 aliphatic rings. The van der Waals surface area contributed by atoms with E-state index in [2.05, 4.69) is 22.1 Å². The molecule has 1 fully saturated rings. The van der Waals surface area contributed by atoms with Crippen molar-refractivity contribution in [2.45, 2.75) is 51.3 Å². The summed E-state index contributed by atoms with van der Waals surface area (Å²) in [6.07, 6.45) is 1.07. The molecule has 206 valence electrons. The fraction of sp³-hybridized carbons (Fsp3) is 0.519. The first-order valence-corrected chi connectivity index (χ1v) is 14.5. The number of nitrogens with zero attached hydrogens (tertiary/aromatic N) is 5. The van der Waals surface area contributed by atoms with Gasteiger partial charge in [0.1, 0.15) is 18.3 Å². The first-order chi connectivity index (χ1) is 18.0. The van der Waals surface area contributed by atoms with E-state index in [1.165, 1.54) is 7.05 Å². The van der Waals surface area contributed by atoms with Crippen LogP contribution in [0.1, 0.15) is 57.5 Å². The number of pyridine rings is 1. The lowest BCUT2D eigenvalue weighted by Crippen LogP contribution is -2.34. The lowest BCUT2D eigenvalue weighted by atomic mass is 9.95. The zero-order chi connectivity index (χ0) is 27.6. The second kappa shape index (κ2) is 11.4. The fourth-order valence-electron chi connectivity index (χ4n) is 4.39. The Balaban J connectivity index is 1.72. The van der Waals surface area contributed by atoms with Crippen LogP contribution in [0.2, 0.25) is 0 Å². The van der Waals surface area contributed by atoms with E-state index in [0.29, 0.717) is 35.7 Å². The van der Waals surface area contributed by atoms with Crippen LogP contribution in [0, 0.1) is 11.8 Å². The van der Waals surface area contributed by atoms with E-state index in [1.807, 2.05) is 42.2 Å². The van der Waals surface area contributed by atoms with Crippen molar-refractivity contribution in [1.82, 2.24) is 15.2 Å². The van der Waals surface area contributed by atoms with Crippen molar-refractivity contribution in [3.63, 3.8) is 0 Å². The third-order valence-electron chi connectivity index (χ3n) is 7.31. The van der Waals surface area contributed by atoms with Crippen LogP contribution in [0.5, 0.6) is 0 Å². The third-order valence-corrected chi connectivity index (χ3v) is 9.45. The van der Waals surface area contributed by atoms with Crippen molar-refractivity contribution in [3.05, 3.63) is 53.9 Å². The lowest BCUT2D eigenvalue weighted by Gasteiger charge is -2.26. The van der Waals surface area contributed by atoms with Gasteiger partial charge in [-0.3, -0.25) is 4.31 Å². The summed E-state index contributed by atoms with van der Waals surface area (Å²) >= 11 is 0. The van der Waals surface area contributed by atoms with Gasteiger partial charge in [0.15, 0.2) is 0 Å². The number of nitrogens with two attached hydrogens (primary N) is 1. The van der Waals surface area contributed by atoms with E-state index in [-0.39, 0.29) is 30.2 Å². The van der Waals surface area contributed by atoms with E-state index in [9.17, 15) is 12.8 Å². The second-order valence-corrected chi connectivity index (χ2v) is 12.9. The predicted molar refractivity (Wildman–Crippen MR) is 147 cm³/mol. The first kappa shape index (κ1) is 28.0. The highest BCUT2D eigenvalue weighted by Crippen LogP contribution is 2.39. The minimum absolute atomic E-state index is 0.151. The minimum atomic E-state index is -3.66. The molecule has 11 heteroatoms. The van der Waals surface area contributed by atoms with Crippen molar-refractivity contribution in [3.8, 4) is 11.5 Å². The second-order valence-electron chi connectivity index (χ2n) is 10.4. The quantitative estimate of drug-likeness (QED) is 0.353. The van der Waals surface area contributed by atoms with Crippen molar-refractivity contribution in [2.24, 2.45) is 17.6 Å². The molecule has 0 bridgehead atoms. The maximum absolute atomic E-state index is 13.6. The van der Waals surface area contributed by atoms with Crippen LogP contribution in [-0.2, 0) is 10.0 Å². The highest BCUT2D eigenvalue weighted by molar-refractivity contribution is 7.93. The van der Waals surface area contributed by atoms with E-state index >= 15 is 0 Å². The standard InChI is InChI=1S/C27H37FN6O3S/c1-17(2)38(35,36)33(5)23-14-21(15-24(30-23)34(12-11-28)16-22-13-18(22)3)27-32-31-26(37-27)19(4)25(29)20-9-7-6-8-10-20/h6-10,14-15,17-19,22,25H,11-13,16,29H2,1-5H3/t18?,19-,22?,25?/m1/s1. The van der Waals surface area contributed by atoms with Crippen LogP contribution in [0.25, 0.3) is 11.5 Å². The summed E-state index contributed by atoms with van der Waals surface area (Å²) in [6, 6.07) is 12.7. The number of sulfonamides is 1. The first-order valence-electron chi connectivity index (χ1n) is 13.0. The molecule has 0 amide bonds. The van der Waals surface area contributed by atoms with E-state index < -0.39 is 21.9 Å². The number of anilines is 2. The summed E-state index contributed by atoms with van der Waals surface area (Å²) in [5.74, 6) is 2.00. The van der Waals surface area contributed by atoms with Gasteiger partial charge in [0, 0.05) is 31.7 Å². The molecule has 1 aliphatic carbocycles. The van der Waals surface area contributed by atoms with Gasteiger partial charge in [-0.1, -0.05) is 44.2 Å². The minimum Gasteiger partial charge on any atom is -0.420 e. The molecule has 0 saturated heterocycles. The Hall–Kier alpha value is -3.05. The molecular formula is C27H37FN6O3S. The van der Waals surface area contributed by atoms with Gasteiger partial charge in [-0.25, -0.2) is 17.8 Å². The fourth-order valence-corrected chi connectivity index (χ4v) is 5.37. The van der Waals surface area contributed by atoms with E-state index in [4.69, 9.17) is 10.2 Å². The Kier molecular flexibility index (Phi) is 8.37. The van der Waals surface area contributed by atoms with E-state index in [0.717, 1.165) is 16.3 Å². The molecular weight excluding hydrogens is 507 g/mol. The van der Waals surface area contributed by atoms with Crippen LogP contribution in [-0.4, -0.2) is 55.7 Å². The summed E-state index contributed by atoms with van der Waals surface area (Å²) in [7, 11) is -2.19. The summed E-state index contributed by atoms with van der Waals surface area (Å²) in [6.45, 7) is 7.54. The maximum atomic E-state index is 13.6. The number of alkyl halides is 1. The number of hydrogen-bond acceptors (Lipinski definition) is 8. The molecule has 1 aromatic carbocycles. The third kappa shape index (κ3) is 5.99. The summed E-state index contributed by atoms with van der Waals surface area (Å²) < 4.78 is 46.7. The average molecular weight is 545 g/mol. The number of benzene rings is 1. The SMILES string of the molecule is CC1CC1CN(CCF)c1cc(-c2nnc([C@H](C)C(N)c3ccccc3)o2)cc(N(C)S(=O)(=O)C(C)C)n1. The number of aromatic nitrogens is 3. The predicted octanol–water partition coefficient (Wildman–Crippen LogP) is 4.54. The molecule has 2 N–H and O–H groups in total. The zero-order valence-corrected chi connectivity index (χ0v) is 23.4. The molecule has 2 aromatic heterocycles. The Morgan fingerprint density at radius 2 is 1.79 bits per heavy atom. The van der Waals surface area contributed by atoms with E-state index in [1.54, 1.807) is 26.0 Å². The Morgan fingerprint density at radius 3 is 2.39 bits per heavy atom. The van der Waals surface area contributed by atoms with Crippen LogP contribution >= 0.6 is 0 Å². The van der Waals surface area contributed by atoms with Crippen LogP contribution in [0.3, 0.4) is 0 Å². The molecule has 0 spiro atoms. The normalized spacial score (nSPS) is 18.8. The van der Waals surface area contributed by atoms with Gasteiger partial charge in [0.25, 0.3) is 0 Å². The number of halogens is 1. The molecule has 0 radical (unpaired) electrons. The average Bonchev–Trinajstić information content (AvgIpc) is 3.38. The van der Waals surface area contributed by atoms with Crippen LogP contribution in [0.4, 0.5) is 16.0 Å². The lowest BCUT2D eigenvalue weighted by molar-refractivity contribution is 0.431. The van der Waals surface area contributed by atoms with Crippen molar-refractivity contribution >= 4 is 21.7 Å². The Morgan fingerprint density at radius 1 is 1.13 bits per heavy atom. The van der Waals surface area contributed by atoms with Gasteiger partial charge in [0.05, 0.1) is 11.2 Å². The molecule has 38 heavy (non-hydrogen) atoms. The van der Waals surface area contributed by atoms with Gasteiger partial charge in [-0.05, 0) is 49.8 Å². The molecule has 3 unspecified atom stereocenters. The number of rotatable bonds is 12. The molecule has 1 saturated carbocycles. The van der Waals surface area contributed by atoms with Gasteiger partial charge in [0.2, 0.25) is 21.8 Å². The molecule has 2 heterocycles. The molecule has 9 nitrogen and oxygen atoms in total. The largest absolute Gasteiger partial charge is 0.420 e. The van der Waals surface area contributed by atoms with Gasteiger partial charge in [-0.2, -0.15) is 0 Å². The highest BCUT2D eigenvalue weighted by Gasteiger charge is 2.35. The van der Waals surface area contributed by atoms with Gasteiger partial charge >= 0.3 is 0 Å². The molecule has 0 aliphatic heterocycles. The van der Waals surface area contributed by atoms with Crippen molar-refractivity contribution in [1.29, 1.82) is 0 Å². The van der Waals surface area contributed by atoms with Crippen LogP contribution < -0.4 is 14.9 Å². The molecule has 4 atom stereocenters. The topological polar surface area (TPSA) is 118 Å². The number of hydrogen-bond donors (Lipinski definition) is 1. The maximum Gasteiger partial charge on any atom is 0.248 e.